The van der Waals surface area contributed by atoms with Gasteiger partial charge in [0.2, 0.25) is 5.91 Å². The van der Waals surface area contributed by atoms with Crippen LogP contribution in [-0.2, 0) is 24.2 Å². The van der Waals surface area contributed by atoms with E-state index in [0.29, 0.717) is 18.6 Å². The first-order chi connectivity index (χ1) is 15.7. The zero-order chi connectivity index (χ0) is 21.8. The van der Waals surface area contributed by atoms with Gasteiger partial charge in [0.05, 0.1) is 12.5 Å². The molecule has 1 N–H and O–H groups in total. The van der Waals surface area contributed by atoms with E-state index in [1.807, 2.05) is 0 Å². The Morgan fingerprint density at radius 2 is 1.78 bits per heavy atom. The highest BCUT2D eigenvalue weighted by molar-refractivity contribution is 5.79. The average molecular weight is 433 g/mol. The number of fused-ring (bicyclic) bond motifs is 1. The van der Waals surface area contributed by atoms with E-state index < -0.39 is 0 Å². The molecule has 4 heteroatoms. The highest BCUT2D eigenvalue weighted by Crippen LogP contribution is 2.29. The molecule has 0 spiro atoms. The van der Waals surface area contributed by atoms with Gasteiger partial charge in [-0.2, -0.15) is 0 Å². The fraction of sp³-hybridized carbons (Fsp3) is 0.536. The van der Waals surface area contributed by atoms with Gasteiger partial charge >= 0.3 is 0 Å². The molecule has 32 heavy (non-hydrogen) atoms. The lowest BCUT2D eigenvalue weighted by Gasteiger charge is -2.37. The standard InChI is InChI=1S/C28H36N2O2/c31-28(29-26-11-4-5-12-26)25-15-22(18-30(19-25)17-21-7-2-1-3-8-21)20-32-27-14-13-23-9-6-10-24(23)16-27/h1-3,7-8,13-14,16,22,25-26H,4-6,9-12,15,17-20H2,(H,29,31)/t22-,25+/m0/s1. The van der Waals surface area contributed by atoms with Crippen molar-refractivity contribution < 1.29 is 9.53 Å². The number of benzene rings is 2. The van der Waals surface area contributed by atoms with Gasteiger partial charge in [0.15, 0.2) is 0 Å². The summed E-state index contributed by atoms with van der Waals surface area (Å²) >= 11 is 0. The molecule has 1 heterocycles. The smallest absolute Gasteiger partial charge is 0.224 e. The molecule has 1 amide bonds. The molecule has 0 unspecified atom stereocenters. The molecule has 2 aromatic carbocycles. The summed E-state index contributed by atoms with van der Waals surface area (Å²) in [5.74, 6) is 1.64. The van der Waals surface area contributed by atoms with Crippen LogP contribution in [0.5, 0.6) is 5.75 Å². The van der Waals surface area contributed by atoms with Crippen LogP contribution in [0.15, 0.2) is 48.5 Å². The fourth-order valence-electron chi connectivity index (χ4n) is 5.83. The van der Waals surface area contributed by atoms with Crippen LogP contribution in [-0.4, -0.2) is 36.5 Å². The number of likely N-dealkylation sites (tertiary alicyclic amines) is 1. The summed E-state index contributed by atoms with van der Waals surface area (Å²) < 4.78 is 6.27. The Bertz CT molecular complexity index is 907. The van der Waals surface area contributed by atoms with Gasteiger partial charge < -0.3 is 10.1 Å². The molecule has 170 valence electrons. The number of rotatable bonds is 7. The van der Waals surface area contributed by atoms with Crippen molar-refractivity contribution in [3.05, 3.63) is 65.2 Å². The zero-order valence-electron chi connectivity index (χ0n) is 19.1. The van der Waals surface area contributed by atoms with Crippen molar-refractivity contribution in [3.63, 3.8) is 0 Å². The molecular formula is C28H36N2O2. The van der Waals surface area contributed by atoms with Gasteiger partial charge in [0, 0.05) is 31.6 Å². The van der Waals surface area contributed by atoms with Crippen LogP contribution < -0.4 is 10.1 Å². The number of nitrogens with zero attached hydrogens (tertiary/aromatic N) is 1. The van der Waals surface area contributed by atoms with Crippen LogP contribution in [0, 0.1) is 11.8 Å². The van der Waals surface area contributed by atoms with Gasteiger partial charge in [-0.3, -0.25) is 9.69 Å². The molecule has 1 saturated carbocycles. The van der Waals surface area contributed by atoms with Gasteiger partial charge in [0.25, 0.3) is 0 Å². The summed E-state index contributed by atoms with van der Waals surface area (Å²) in [5, 5.41) is 3.35. The summed E-state index contributed by atoms with van der Waals surface area (Å²) in [6.45, 7) is 3.39. The van der Waals surface area contributed by atoms with Crippen molar-refractivity contribution in [2.45, 2.75) is 64.0 Å². The van der Waals surface area contributed by atoms with Crippen LogP contribution in [0.2, 0.25) is 0 Å². The van der Waals surface area contributed by atoms with Crippen LogP contribution in [0.4, 0.5) is 0 Å². The molecule has 5 rings (SSSR count). The maximum atomic E-state index is 13.1. The monoisotopic (exact) mass is 432 g/mol. The van der Waals surface area contributed by atoms with E-state index >= 15 is 0 Å². The second kappa shape index (κ2) is 10.1. The van der Waals surface area contributed by atoms with Gasteiger partial charge in [-0.05, 0) is 67.3 Å². The quantitative estimate of drug-likeness (QED) is 0.686. The highest BCUT2D eigenvalue weighted by atomic mass is 16.5. The van der Waals surface area contributed by atoms with E-state index in [0.717, 1.165) is 44.6 Å². The first kappa shape index (κ1) is 21.5. The Labute approximate surface area is 192 Å². The van der Waals surface area contributed by atoms with E-state index in [2.05, 4.69) is 58.7 Å². The normalized spacial score (nSPS) is 23.8. The lowest BCUT2D eigenvalue weighted by molar-refractivity contribution is -0.128. The second-order valence-corrected chi connectivity index (χ2v) is 10.1. The molecular weight excluding hydrogens is 396 g/mol. The van der Waals surface area contributed by atoms with Crippen molar-refractivity contribution >= 4 is 5.91 Å². The molecule has 4 nitrogen and oxygen atoms in total. The second-order valence-electron chi connectivity index (χ2n) is 10.1. The lowest BCUT2D eigenvalue weighted by atomic mass is 9.88. The number of hydrogen-bond donors (Lipinski definition) is 1. The molecule has 1 saturated heterocycles. The van der Waals surface area contributed by atoms with E-state index in [1.165, 1.54) is 48.8 Å². The van der Waals surface area contributed by atoms with Gasteiger partial charge in [0.1, 0.15) is 5.75 Å². The SMILES string of the molecule is O=C(NC1CCCC1)[C@@H]1C[C@H](COc2ccc3c(c2)CCC3)CN(Cc2ccccc2)C1. The first-order valence-corrected chi connectivity index (χ1v) is 12.5. The number of amides is 1. The Balaban J connectivity index is 1.24. The van der Waals surface area contributed by atoms with Gasteiger partial charge in [-0.25, -0.2) is 0 Å². The topological polar surface area (TPSA) is 41.6 Å². The van der Waals surface area contributed by atoms with E-state index in [-0.39, 0.29) is 11.8 Å². The number of nitrogens with one attached hydrogen (secondary N) is 1. The Hall–Kier alpha value is -2.33. The van der Waals surface area contributed by atoms with E-state index in [9.17, 15) is 4.79 Å². The summed E-state index contributed by atoms with van der Waals surface area (Å²) in [6.07, 6.45) is 9.30. The van der Waals surface area contributed by atoms with Crippen molar-refractivity contribution in [3.8, 4) is 5.75 Å². The van der Waals surface area contributed by atoms with E-state index in [1.54, 1.807) is 0 Å². The Morgan fingerprint density at radius 1 is 0.969 bits per heavy atom. The van der Waals surface area contributed by atoms with E-state index in [4.69, 9.17) is 4.74 Å². The highest BCUT2D eigenvalue weighted by Gasteiger charge is 2.33. The van der Waals surface area contributed by atoms with Crippen molar-refractivity contribution in [1.82, 2.24) is 10.2 Å². The van der Waals surface area contributed by atoms with Crippen LogP contribution in [0.25, 0.3) is 0 Å². The molecule has 1 aliphatic heterocycles. The maximum absolute atomic E-state index is 13.1. The molecule has 2 fully saturated rings. The van der Waals surface area contributed by atoms with Crippen molar-refractivity contribution in [1.29, 1.82) is 0 Å². The molecule has 0 aromatic heterocycles. The Morgan fingerprint density at radius 3 is 2.62 bits per heavy atom. The predicted octanol–water partition coefficient (Wildman–Crippen LogP) is 4.75. The van der Waals surface area contributed by atoms with Crippen LogP contribution >= 0.6 is 0 Å². The minimum absolute atomic E-state index is 0.0432. The number of aryl methyl sites for hydroxylation is 2. The van der Waals surface area contributed by atoms with Gasteiger partial charge in [-0.1, -0.05) is 49.2 Å². The number of hydrogen-bond acceptors (Lipinski definition) is 3. The fourth-order valence-corrected chi connectivity index (χ4v) is 5.83. The predicted molar refractivity (Wildman–Crippen MR) is 128 cm³/mol. The summed E-state index contributed by atoms with van der Waals surface area (Å²) in [5.41, 5.74) is 4.24. The van der Waals surface area contributed by atoms with Crippen molar-refractivity contribution in [2.24, 2.45) is 11.8 Å². The molecule has 2 aliphatic carbocycles. The molecule has 2 aromatic rings. The minimum atomic E-state index is 0.0432. The summed E-state index contributed by atoms with van der Waals surface area (Å²) in [7, 11) is 0. The number of carbonyl (C=O) groups is 1. The molecule has 0 bridgehead atoms. The van der Waals surface area contributed by atoms with Crippen molar-refractivity contribution in [2.75, 3.05) is 19.7 Å². The molecule has 3 aliphatic rings. The largest absolute Gasteiger partial charge is 0.493 e. The summed E-state index contributed by atoms with van der Waals surface area (Å²) in [4.78, 5) is 15.6. The minimum Gasteiger partial charge on any atom is -0.493 e. The molecule has 0 radical (unpaired) electrons. The third kappa shape index (κ3) is 5.35. The number of ether oxygens (including phenoxy) is 1. The lowest BCUT2D eigenvalue weighted by Crippen LogP contribution is -2.48. The number of piperidine rings is 1. The van der Waals surface area contributed by atoms with Crippen LogP contribution in [0.1, 0.15) is 55.2 Å². The third-order valence-corrected chi connectivity index (χ3v) is 7.49. The van der Waals surface area contributed by atoms with Crippen LogP contribution in [0.3, 0.4) is 0 Å². The van der Waals surface area contributed by atoms with Gasteiger partial charge in [-0.15, -0.1) is 0 Å². The molecule has 2 atom stereocenters. The number of carbonyl (C=O) groups excluding carboxylic acids is 1. The zero-order valence-corrected chi connectivity index (χ0v) is 19.1. The Kier molecular flexibility index (Phi) is 6.77. The third-order valence-electron chi connectivity index (χ3n) is 7.49. The summed E-state index contributed by atoms with van der Waals surface area (Å²) in [6, 6.07) is 17.6. The average Bonchev–Trinajstić information content (AvgIpc) is 3.50. The first-order valence-electron chi connectivity index (χ1n) is 12.5. The maximum Gasteiger partial charge on any atom is 0.224 e.